The van der Waals surface area contributed by atoms with E-state index in [1.807, 2.05) is 27.7 Å². The lowest BCUT2D eigenvalue weighted by Gasteiger charge is -2.33. The minimum Gasteiger partial charge on any atom is -0.355 e. The molecule has 0 aliphatic carbocycles. The topological polar surface area (TPSA) is 110 Å². The van der Waals surface area contributed by atoms with Gasteiger partial charge in [-0.2, -0.15) is 4.98 Å². The van der Waals surface area contributed by atoms with Gasteiger partial charge in [0.15, 0.2) is 5.82 Å². The normalized spacial score (nSPS) is 16.5. The van der Waals surface area contributed by atoms with Crippen LogP contribution in [-0.4, -0.2) is 44.1 Å². The Balaban J connectivity index is 1.49. The number of anilines is 1. The largest absolute Gasteiger partial charge is 0.355 e. The van der Waals surface area contributed by atoms with E-state index < -0.39 is 0 Å². The summed E-state index contributed by atoms with van der Waals surface area (Å²) in [6, 6.07) is 0. The van der Waals surface area contributed by atoms with E-state index in [1.165, 1.54) is 4.88 Å². The van der Waals surface area contributed by atoms with Crippen LogP contribution < -0.4 is 10.2 Å². The number of hydrogen-bond acceptors (Lipinski definition) is 9. The average molecular weight is 442 g/mol. The first-order chi connectivity index (χ1) is 14.9. The second-order valence-electron chi connectivity index (χ2n) is 7.78. The summed E-state index contributed by atoms with van der Waals surface area (Å²) in [5.74, 6) is 2.39. The van der Waals surface area contributed by atoms with Crippen molar-refractivity contribution in [2.24, 2.45) is 5.92 Å². The molecule has 1 aliphatic heterocycles. The number of carbonyl (C=O) groups excluding carboxylic acids is 1. The highest BCUT2D eigenvalue weighted by atomic mass is 32.1. The predicted molar refractivity (Wildman–Crippen MR) is 118 cm³/mol. The molecular formula is C21H27N7O2S. The first kappa shape index (κ1) is 21.4. The van der Waals surface area contributed by atoms with Gasteiger partial charge in [0.05, 0.1) is 18.2 Å². The van der Waals surface area contributed by atoms with E-state index in [2.05, 4.69) is 35.3 Å². The van der Waals surface area contributed by atoms with Gasteiger partial charge in [0, 0.05) is 30.6 Å². The number of nitrogens with one attached hydrogen (secondary N) is 1. The predicted octanol–water partition coefficient (Wildman–Crippen LogP) is 3.00. The van der Waals surface area contributed by atoms with Gasteiger partial charge < -0.3 is 14.7 Å². The molecule has 1 N–H and O–H groups in total. The molecule has 4 rings (SSSR count). The summed E-state index contributed by atoms with van der Waals surface area (Å²) in [4.78, 5) is 34.1. The van der Waals surface area contributed by atoms with Crippen molar-refractivity contribution in [2.75, 3.05) is 18.0 Å². The number of hydrogen-bond donors (Lipinski definition) is 1. The molecule has 1 saturated heterocycles. The van der Waals surface area contributed by atoms with Crippen LogP contribution >= 0.6 is 11.3 Å². The molecule has 1 atom stereocenters. The molecule has 1 aliphatic rings. The van der Waals surface area contributed by atoms with Crippen LogP contribution in [0.2, 0.25) is 0 Å². The maximum atomic E-state index is 12.9. The third-order valence-corrected chi connectivity index (χ3v) is 6.56. The average Bonchev–Trinajstić information content (AvgIpc) is 3.38. The van der Waals surface area contributed by atoms with E-state index >= 15 is 0 Å². The van der Waals surface area contributed by atoms with Gasteiger partial charge in [-0.05, 0) is 33.6 Å². The lowest BCUT2D eigenvalue weighted by Crippen LogP contribution is -2.43. The van der Waals surface area contributed by atoms with E-state index in [0.717, 1.165) is 35.9 Å². The molecule has 0 spiro atoms. The Kier molecular flexibility index (Phi) is 6.26. The quantitative estimate of drug-likeness (QED) is 0.622. The number of aryl methyl sites for hydroxylation is 4. The lowest BCUT2D eigenvalue weighted by molar-refractivity contribution is -0.125. The van der Waals surface area contributed by atoms with Gasteiger partial charge in [-0.25, -0.2) is 15.0 Å². The fourth-order valence-corrected chi connectivity index (χ4v) is 4.54. The van der Waals surface area contributed by atoms with Crippen LogP contribution in [0.1, 0.15) is 47.0 Å². The van der Waals surface area contributed by atoms with Crippen LogP contribution in [0.25, 0.3) is 11.5 Å². The summed E-state index contributed by atoms with van der Waals surface area (Å²) in [5.41, 5.74) is 1.73. The second kappa shape index (κ2) is 9.09. The maximum Gasteiger partial charge on any atom is 0.263 e. The van der Waals surface area contributed by atoms with Gasteiger partial charge in [0.25, 0.3) is 5.89 Å². The van der Waals surface area contributed by atoms with Gasteiger partial charge in [-0.3, -0.25) is 4.79 Å². The molecule has 1 amide bonds. The summed E-state index contributed by atoms with van der Waals surface area (Å²) in [6.07, 6.45) is 4.16. The van der Waals surface area contributed by atoms with Crippen molar-refractivity contribution in [3.05, 3.63) is 33.4 Å². The van der Waals surface area contributed by atoms with Gasteiger partial charge in [-0.15, -0.1) is 11.3 Å². The molecule has 0 aromatic carbocycles. The van der Waals surface area contributed by atoms with Gasteiger partial charge in [0.1, 0.15) is 22.2 Å². The molecule has 3 aromatic heterocycles. The Labute approximate surface area is 185 Å². The molecule has 3 aromatic rings. The van der Waals surface area contributed by atoms with Crippen LogP contribution in [0.15, 0.2) is 10.7 Å². The van der Waals surface area contributed by atoms with Gasteiger partial charge in [0.2, 0.25) is 5.91 Å². The molecule has 164 valence electrons. The van der Waals surface area contributed by atoms with Crippen molar-refractivity contribution in [1.29, 1.82) is 0 Å². The summed E-state index contributed by atoms with van der Waals surface area (Å²) >= 11 is 1.63. The van der Waals surface area contributed by atoms with Crippen LogP contribution in [0.3, 0.4) is 0 Å². The zero-order valence-electron chi connectivity index (χ0n) is 18.3. The number of thiazole rings is 1. The Morgan fingerprint density at radius 1 is 1.29 bits per heavy atom. The molecule has 9 nitrogen and oxygen atoms in total. The zero-order valence-corrected chi connectivity index (χ0v) is 19.1. The Hall–Kier alpha value is -2.88. The highest BCUT2D eigenvalue weighted by Gasteiger charge is 2.29. The number of rotatable bonds is 6. The smallest absolute Gasteiger partial charge is 0.263 e. The van der Waals surface area contributed by atoms with Crippen LogP contribution in [0, 0.1) is 26.7 Å². The molecule has 31 heavy (non-hydrogen) atoms. The third-order valence-electron chi connectivity index (χ3n) is 5.48. The van der Waals surface area contributed by atoms with Crippen LogP contribution in [-0.2, 0) is 17.8 Å². The SMILES string of the molecule is CCc1noc(-c2cnc(C)nc2N2CCCC(C(=O)NCc3nc(C)c(C)s3)C2)n1. The molecule has 4 heterocycles. The Morgan fingerprint density at radius 3 is 2.84 bits per heavy atom. The van der Waals surface area contributed by atoms with E-state index in [-0.39, 0.29) is 11.8 Å². The number of carbonyl (C=O) groups is 1. The summed E-state index contributed by atoms with van der Waals surface area (Å²) in [5, 5.41) is 7.99. The van der Waals surface area contributed by atoms with Gasteiger partial charge in [-0.1, -0.05) is 12.1 Å². The standard InChI is InChI=1S/C21H27N7O2S/c1-5-17-26-21(30-27-17)16-9-22-14(4)25-19(16)28-8-6-7-15(11-28)20(29)23-10-18-24-12(2)13(3)31-18/h9,15H,5-8,10-11H2,1-4H3,(H,23,29). The van der Waals surface area contributed by atoms with Crippen molar-refractivity contribution in [3.8, 4) is 11.5 Å². The third kappa shape index (κ3) is 4.73. The van der Waals surface area contributed by atoms with Crippen LogP contribution in [0.5, 0.6) is 0 Å². The summed E-state index contributed by atoms with van der Waals surface area (Å²) < 4.78 is 5.43. The maximum absolute atomic E-state index is 12.9. The summed E-state index contributed by atoms with van der Waals surface area (Å²) in [7, 11) is 0. The highest BCUT2D eigenvalue weighted by molar-refractivity contribution is 7.11. The first-order valence-corrected chi connectivity index (χ1v) is 11.4. The summed E-state index contributed by atoms with van der Waals surface area (Å²) in [6.45, 7) is 9.73. The van der Waals surface area contributed by atoms with Crippen molar-refractivity contribution in [1.82, 2.24) is 30.4 Å². The molecule has 0 bridgehead atoms. The highest BCUT2D eigenvalue weighted by Crippen LogP contribution is 2.31. The minimum absolute atomic E-state index is 0.0496. The molecule has 0 radical (unpaired) electrons. The monoisotopic (exact) mass is 441 g/mol. The van der Waals surface area contributed by atoms with Crippen molar-refractivity contribution < 1.29 is 9.32 Å². The van der Waals surface area contributed by atoms with Crippen molar-refractivity contribution in [3.63, 3.8) is 0 Å². The molecule has 0 saturated carbocycles. The Morgan fingerprint density at radius 2 is 2.13 bits per heavy atom. The second-order valence-corrected chi connectivity index (χ2v) is 9.06. The van der Waals surface area contributed by atoms with Crippen LogP contribution in [0.4, 0.5) is 5.82 Å². The van der Waals surface area contributed by atoms with E-state index in [1.54, 1.807) is 17.5 Å². The first-order valence-electron chi connectivity index (χ1n) is 10.6. The van der Waals surface area contributed by atoms with Gasteiger partial charge >= 0.3 is 0 Å². The Bertz CT molecular complexity index is 1060. The number of aromatic nitrogens is 5. The number of nitrogens with zero attached hydrogens (tertiary/aromatic N) is 6. The molecule has 10 heteroatoms. The molecule has 1 fully saturated rings. The fraction of sp³-hybridized carbons (Fsp3) is 0.524. The number of amides is 1. The minimum atomic E-state index is -0.118. The fourth-order valence-electron chi connectivity index (χ4n) is 3.66. The van der Waals surface area contributed by atoms with Crippen molar-refractivity contribution >= 4 is 23.1 Å². The van der Waals surface area contributed by atoms with E-state index in [0.29, 0.717) is 42.6 Å². The molecule has 1 unspecified atom stereocenters. The number of piperidine rings is 1. The van der Waals surface area contributed by atoms with Crippen molar-refractivity contribution in [2.45, 2.75) is 53.5 Å². The lowest BCUT2D eigenvalue weighted by atomic mass is 9.97. The molecular weight excluding hydrogens is 414 g/mol. The van der Waals surface area contributed by atoms with E-state index in [4.69, 9.17) is 4.52 Å². The zero-order chi connectivity index (χ0) is 22.0. The van der Waals surface area contributed by atoms with E-state index in [9.17, 15) is 4.79 Å².